The van der Waals surface area contributed by atoms with Gasteiger partial charge in [-0.1, -0.05) is 56.5 Å². The van der Waals surface area contributed by atoms with Gasteiger partial charge in [0, 0.05) is 44.2 Å². The topological polar surface area (TPSA) is 56.3 Å². The Bertz CT molecular complexity index is 984. The van der Waals surface area contributed by atoms with Gasteiger partial charge in [-0.05, 0) is 62.2 Å². The second-order valence-corrected chi connectivity index (χ2v) is 11.2. The molecule has 0 unspecified atom stereocenters. The number of rotatable bonds is 6. The summed E-state index contributed by atoms with van der Waals surface area (Å²) < 4.78 is 0. The molecule has 188 valence electrons. The first-order valence-corrected chi connectivity index (χ1v) is 14.0. The largest absolute Gasteiger partial charge is 0.361 e. The molecule has 0 spiro atoms. The van der Waals surface area contributed by atoms with Gasteiger partial charge in [0.05, 0.1) is 0 Å². The Hall–Kier alpha value is -2.41. The molecular formula is C28H40N6S. The summed E-state index contributed by atoms with van der Waals surface area (Å²) in [5, 5.41) is 7.51. The van der Waals surface area contributed by atoms with Crippen LogP contribution >= 0.6 is 12.2 Å². The molecule has 5 rings (SSSR count). The van der Waals surface area contributed by atoms with Crippen LogP contribution in [0.5, 0.6) is 0 Å². The maximum absolute atomic E-state index is 5.77. The van der Waals surface area contributed by atoms with Crippen molar-refractivity contribution < 1.29 is 0 Å². The summed E-state index contributed by atoms with van der Waals surface area (Å²) in [5.74, 6) is 3.34. The van der Waals surface area contributed by atoms with Crippen LogP contribution < -0.4 is 20.4 Å². The third kappa shape index (κ3) is 5.88. The van der Waals surface area contributed by atoms with Crippen LogP contribution in [-0.2, 0) is 5.41 Å². The highest BCUT2D eigenvalue weighted by Crippen LogP contribution is 2.39. The van der Waals surface area contributed by atoms with Crippen molar-refractivity contribution in [2.24, 2.45) is 5.92 Å². The fourth-order valence-electron chi connectivity index (χ4n) is 6.13. The smallest absolute Gasteiger partial charge is 0.232 e. The van der Waals surface area contributed by atoms with Crippen LogP contribution in [-0.4, -0.2) is 47.8 Å². The van der Waals surface area contributed by atoms with Gasteiger partial charge in [0.25, 0.3) is 0 Å². The molecule has 0 radical (unpaired) electrons. The first-order chi connectivity index (χ1) is 17.1. The summed E-state index contributed by atoms with van der Waals surface area (Å²) >= 11 is 5.77. The van der Waals surface area contributed by atoms with Crippen molar-refractivity contribution in [1.29, 1.82) is 0 Å². The van der Waals surface area contributed by atoms with Gasteiger partial charge in [-0.15, -0.1) is 0 Å². The van der Waals surface area contributed by atoms with E-state index in [1.807, 2.05) is 0 Å². The second kappa shape index (κ2) is 11.1. The third-order valence-electron chi connectivity index (χ3n) is 8.12. The molecule has 0 amide bonds. The highest BCUT2D eigenvalue weighted by atomic mass is 32.1. The van der Waals surface area contributed by atoms with Crippen LogP contribution in [0.4, 0.5) is 17.6 Å². The number of thiocarbonyl (C=S) groups is 1. The van der Waals surface area contributed by atoms with Gasteiger partial charge < -0.3 is 20.4 Å². The van der Waals surface area contributed by atoms with Crippen molar-refractivity contribution in [1.82, 2.24) is 15.3 Å². The summed E-state index contributed by atoms with van der Waals surface area (Å²) in [4.78, 5) is 14.6. The zero-order valence-electron chi connectivity index (χ0n) is 21.1. The van der Waals surface area contributed by atoms with E-state index in [9.17, 15) is 0 Å². The molecule has 1 aromatic heterocycles. The Balaban J connectivity index is 1.31. The highest BCUT2D eigenvalue weighted by molar-refractivity contribution is 7.80. The normalized spacial score (nSPS) is 22.1. The van der Waals surface area contributed by atoms with Gasteiger partial charge in [-0.3, -0.25) is 0 Å². The Labute approximate surface area is 215 Å². The van der Waals surface area contributed by atoms with Crippen LogP contribution in [0.3, 0.4) is 0 Å². The lowest BCUT2D eigenvalue weighted by molar-refractivity contribution is 0.292. The fraction of sp³-hybridized carbons (Fsp3) is 0.607. The van der Waals surface area contributed by atoms with Crippen LogP contribution in [0.2, 0.25) is 0 Å². The number of nitrogens with one attached hydrogen (secondary N) is 2. The van der Waals surface area contributed by atoms with E-state index in [1.54, 1.807) is 0 Å². The quantitative estimate of drug-likeness (QED) is 0.516. The monoisotopic (exact) mass is 492 g/mol. The van der Waals surface area contributed by atoms with E-state index in [4.69, 9.17) is 22.2 Å². The Morgan fingerprint density at radius 3 is 2.34 bits per heavy atom. The molecule has 1 aliphatic carbocycles. The zero-order valence-corrected chi connectivity index (χ0v) is 22.0. The first kappa shape index (κ1) is 24.3. The average Bonchev–Trinajstić information content (AvgIpc) is 3.44. The van der Waals surface area contributed by atoms with E-state index < -0.39 is 0 Å². The van der Waals surface area contributed by atoms with Crippen molar-refractivity contribution in [2.45, 2.75) is 70.1 Å². The fourth-order valence-corrected chi connectivity index (χ4v) is 6.29. The standard InChI is InChI=1S/C28H40N6S/c1-22-11-10-18-34(20-22)25-19-24(33-16-8-9-17-33)30-26(31-25)32-27(35)29-21-28(14-6-3-7-15-28)23-12-4-2-5-13-23/h2,4-5,12-13,19,22H,3,6-11,14-18,20-21H2,1H3,(H2,29,30,31,32,35)/t22-/m1/s1. The van der Waals surface area contributed by atoms with Crippen molar-refractivity contribution in [3.05, 3.63) is 42.0 Å². The zero-order chi connectivity index (χ0) is 24.1. The van der Waals surface area contributed by atoms with Crippen molar-refractivity contribution in [2.75, 3.05) is 47.8 Å². The molecule has 2 aliphatic heterocycles. The van der Waals surface area contributed by atoms with Crippen LogP contribution in [0.15, 0.2) is 36.4 Å². The van der Waals surface area contributed by atoms with Crippen LogP contribution in [0, 0.1) is 5.92 Å². The second-order valence-electron chi connectivity index (χ2n) is 10.8. The summed E-state index contributed by atoms with van der Waals surface area (Å²) in [5.41, 5.74) is 1.56. The lowest BCUT2D eigenvalue weighted by Crippen LogP contribution is -2.43. The molecule has 2 aromatic rings. The molecule has 1 aromatic carbocycles. The van der Waals surface area contributed by atoms with Crippen molar-refractivity contribution in [3.63, 3.8) is 0 Å². The number of aromatic nitrogens is 2. The number of anilines is 3. The molecule has 35 heavy (non-hydrogen) atoms. The molecule has 3 fully saturated rings. The van der Waals surface area contributed by atoms with E-state index >= 15 is 0 Å². The highest BCUT2D eigenvalue weighted by Gasteiger charge is 2.34. The number of nitrogens with zero attached hydrogens (tertiary/aromatic N) is 4. The van der Waals surface area contributed by atoms with E-state index in [2.05, 4.69) is 63.8 Å². The molecular weight excluding hydrogens is 452 g/mol. The maximum atomic E-state index is 5.77. The predicted molar refractivity (Wildman–Crippen MR) is 150 cm³/mol. The summed E-state index contributed by atoms with van der Waals surface area (Å²) in [7, 11) is 0. The molecule has 2 saturated heterocycles. The van der Waals surface area contributed by atoms with Gasteiger partial charge >= 0.3 is 0 Å². The van der Waals surface area contributed by atoms with E-state index in [-0.39, 0.29) is 5.41 Å². The van der Waals surface area contributed by atoms with E-state index in [0.29, 0.717) is 17.0 Å². The van der Waals surface area contributed by atoms with Gasteiger partial charge in [0.15, 0.2) is 5.11 Å². The van der Waals surface area contributed by atoms with Crippen LogP contribution in [0.25, 0.3) is 0 Å². The molecule has 2 N–H and O–H groups in total. The van der Waals surface area contributed by atoms with Gasteiger partial charge in [-0.25, -0.2) is 0 Å². The van der Waals surface area contributed by atoms with Gasteiger partial charge in [0.2, 0.25) is 5.95 Å². The predicted octanol–water partition coefficient (Wildman–Crippen LogP) is 5.50. The number of hydrogen-bond donors (Lipinski definition) is 2. The molecule has 6 nitrogen and oxygen atoms in total. The minimum absolute atomic E-state index is 0.138. The summed E-state index contributed by atoms with van der Waals surface area (Å²) in [6, 6.07) is 13.1. The molecule has 1 atom stereocenters. The number of piperidine rings is 1. The Morgan fingerprint density at radius 1 is 0.943 bits per heavy atom. The van der Waals surface area contributed by atoms with Crippen molar-refractivity contribution >= 4 is 34.9 Å². The SMILES string of the molecule is C[C@@H]1CCCN(c2cc(N3CCCC3)nc(NC(=S)NCC3(c4ccccc4)CCCCC3)n2)C1. The number of hydrogen-bond acceptors (Lipinski definition) is 5. The van der Waals surface area contributed by atoms with Gasteiger partial charge in [-0.2, -0.15) is 9.97 Å². The Morgan fingerprint density at radius 2 is 1.63 bits per heavy atom. The summed E-state index contributed by atoms with van der Waals surface area (Å²) in [6.45, 7) is 7.41. The first-order valence-electron chi connectivity index (χ1n) is 13.6. The Kier molecular flexibility index (Phi) is 7.71. The van der Waals surface area contributed by atoms with E-state index in [1.165, 1.54) is 63.4 Å². The minimum atomic E-state index is 0.138. The lowest BCUT2D eigenvalue weighted by Gasteiger charge is -2.38. The number of benzene rings is 1. The molecule has 1 saturated carbocycles. The molecule has 7 heteroatoms. The molecule has 3 heterocycles. The molecule has 3 aliphatic rings. The van der Waals surface area contributed by atoms with E-state index in [0.717, 1.165) is 44.4 Å². The summed E-state index contributed by atoms with van der Waals surface area (Å²) in [6.07, 6.45) is 11.2. The maximum Gasteiger partial charge on any atom is 0.232 e. The van der Waals surface area contributed by atoms with Crippen LogP contribution in [0.1, 0.15) is 70.3 Å². The lowest BCUT2D eigenvalue weighted by atomic mass is 9.69. The average molecular weight is 493 g/mol. The van der Waals surface area contributed by atoms with Gasteiger partial charge in [0.1, 0.15) is 11.6 Å². The van der Waals surface area contributed by atoms with Crippen molar-refractivity contribution in [3.8, 4) is 0 Å². The third-order valence-corrected chi connectivity index (χ3v) is 8.37. The molecule has 0 bridgehead atoms. The minimum Gasteiger partial charge on any atom is -0.361 e.